The first kappa shape index (κ1) is 10.0. The summed E-state index contributed by atoms with van der Waals surface area (Å²) in [6.07, 6.45) is 1.16. The van der Waals surface area contributed by atoms with Crippen LogP contribution in [0.1, 0.15) is 34.1 Å². The molecular weight excluding hydrogens is 148 g/mol. The quantitative estimate of drug-likeness (QED) is 0.679. The van der Waals surface area contributed by atoms with Gasteiger partial charge in [0, 0.05) is 24.7 Å². The van der Waals surface area contributed by atoms with Crippen LogP contribution in [-0.2, 0) is 0 Å². The molecule has 1 aliphatic rings. The second kappa shape index (κ2) is 3.75. The fourth-order valence-corrected chi connectivity index (χ4v) is 1.95. The van der Waals surface area contributed by atoms with Crippen molar-refractivity contribution in [3.63, 3.8) is 0 Å². The summed E-state index contributed by atoms with van der Waals surface area (Å²) in [5.74, 6) is 0.734. The SMILES string of the molecule is CC(C)C(C)N1CCC(N)C1C. The van der Waals surface area contributed by atoms with E-state index in [1.54, 1.807) is 0 Å². The maximum Gasteiger partial charge on any atom is 0.0222 e. The molecule has 72 valence electrons. The average Bonchev–Trinajstić information content (AvgIpc) is 2.32. The van der Waals surface area contributed by atoms with Gasteiger partial charge in [-0.05, 0) is 26.2 Å². The van der Waals surface area contributed by atoms with E-state index in [4.69, 9.17) is 5.73 Å². The number of hydrogen-bond donors (Lipinski definition) is 1. The highest BCUT2D eigenvalue weighted by Crippen LogP contribution is 2.22. The second-order valence-electron chi connectivity index (χ2n) is 4.42. The van der Waals surface area contributed by atoms with E-state index in [-0.39, 0.29) is 0 Å². The highest BCUT2D eigenvalue weighted by atomic mass is 15.2. The molecule has 0 aromatic rings. The van der Waals surface area contributed by atoms with Crippen LogP contribution in [-0.4, -0.2) is 29.6 Å². The van der Waals surface area contributed by atoms with Crippen molar-refractivity contribution in [2.45, 2.75) is 52.2 Å². The van der Waals surface area contributed by atoms with E-state index in [0.29, 0.717) is 18.1 Å². The van der Waals surface area contributed by atoms with Crippen molar-refractivity contribution in [1.29, 1.82) is 0 Å². The molecule has 3 atom stereocenters. The highest BCUT2D eigenvalue weighted by Gasteiger charge is 2.31. The van der Waals surface area contributed by atoms with E-state index in [0.717, 1.165) is 12.3 Å². The Kier molecular flexibility index (Phi) is 3.13. The third-order valence-electron chi connectivity index (χ3n) is 3.35. The Hall–Kier alpha value is -0.0800. The maximum atomic E-state index is 5.96. The van der Waals surface area contributed by atoms with Crippen LogP contribution in [0, 0.1) is 5.92 Å². The van der Waals surface area contributed by atoms with Gasteiger partial charge in [-0.15, -0.1) is 0 Å². The van der Waals surface area contributed by atoms with Crippen LogP contribution in [0.5, 0.6) is 0 Å². The summed E-state index contributed by atoms with van der Waals surface area (Å²) in [6, 6.07) is 1.64. The molecule has 0 aromatic heterocycles. The van der Waals surface area contributed by atoms with Crippen molar-refractivity contribution in [1.82, 2.24) is 4.90 Å². The summed E-state index contributed by atoms with van der Waals surface area (Å²) < 4.78 is 0. The monoisotopic (exact) mass is 170 g/mol. The van der Waals surface area contributed by atoms with E-state index in [2.05, 4.69) is 32.6 Å². The van der Waals surface area contributed by atoms with Crippen LogP contribution in [0.2, 0.25) is 0 Å². The Morgan fingerprint density at radius 3 is 2.25 bits per heavy atom. The molecule has 1 saturated heterocycles. The standard InChI is InChI=1S/C10H22N2/c1-7(2)8(3)12-6-5-10(11)9(12)4/h7-10H,5-6,11H2,1-4H3. The van der Waals surface area contributed by atoms with Gasteiger partial charge in [-0.1, -0.05) is 13.8 Å². The molecule has 0 aliphatic carbocycles. The lowest BCUT2D eigenvalue weighted by molar-refractivity contribution is 0.158. The molecule has 12 heavy (non-hydrogen) atoms. The van der Waals surface area contributed by atoms with Crippen molar-refractivity contribution < 1.29 is 0 Å². The van der Waals surface area contributed by atoms with Gasteiger partial charge >= 0.3 is 0 Å². The summed E-state index contributed by atoms with van der Waals surface area (Å²) in [4.78, 5) is 2.54. The molecule has 3 unspecified atom stereocenters. The smallest absolute Gasteiger partial charge is 0.0222 e. The summed E-state index contributed by atoms with van der Waals surface area (Å²) in [6.45, 7) is 10.3. The molecule has 0 spiro atoms. The lowest BCUT2D eigenvalue weighted by Gasteiger charge is -2.32. The van der Waals surface area contributed by atoms with Gasteiger partial charge in [0.1, 0.15) is 0 Å². The minimum Gasteiger partial charge on any atom is -0.326 e. The third-order valence-corrected chi connectivity index (χ3v) is 3.35. The van der Waals surface area contributed by atoms with Crippen molar-refractivity contribution in [3.05, 3.63) is 0 Å². The van der Waals surface area contributed by atoms with E-state index in [1.165, 1.54) is 6.54 Å². The lowest BCUT2D eigenvalue weighted by atomic mass is 10.0. The first-order valence-electron chi connectivity index (χ1n) is 5.05. The Morgan fingerprint density at radius 2 is 1.92 bits per heavy atom. The zero-order valence-electron chi connectivity index (χ0n) is 8.75. The maximum absolute atomic E-state index is 5.96. The second-order valence-corrected chi connectivity index (χ2v) is 4.42. The van der Waals surface area contributed by atoms with Crippen molar-refractivity contribution in [2.75, 3.05) is 6.54 Å². The predicted octanol–water partition coefficient (Wildman–Crippen LogP) is 1.45. The molecule has 0 saturated carbocycles. The van der Waals surface area contributed by atoms with Crippen molar-refractivity contribution in [3.8, 4) is 0 Å². The van der Waals surface area contributed by atoms with Crippen LogP contribution in [0.25, 0.3) is 0 Å². The van der Waals surface area contributed by atoms with Crippen LogP contribution >= 0.6 is 0 Å². The molecule has 0 radical (unpaired) electrons. The Morgan fingerprint density at radius 1 is 1.33 bits per heavy atom. The Balaban J connectivity index is 2.53. The first-order chi connectivity index (χ1) is 5.54. The lowest BCUT2D eigenvalue weighted by Crippen LogP contribution is -2.43. The number of likely N-dealkylation sites (tertiary alicyclic amines) is 1. The number of nitrogens with zero attached hydrogens (tertiary/aromatic N) is 1. The zero-order chi connectivity index (χ0) is 9.30. The first-order valence-corrected chi connectivity index (χ1v) is 5.05. The molecule has 0 amide bonds. The molecule has 2 nitrogen and oxygen atoms in total. The Bertz CT molecular complexity index is 145. The van der Waals surface area contributed by atoms with Gasteiger partial charge in [-0.25, -0.2) is 0 Å². The van der Waals surface area contributed by atoms with Crippen molar-refractivity contribution in [2.24, 2.45) is 11.7 Å². The molecule has 1 heterocycles. The molecule has 1 fully saturated rings. The van der Waals surface area contributed by atoms with Gasteiger partial charge in [0.2, 0.25) is 0 Å². The summed E-state index contributed by atoms with van der Waals surface area (Å²) >= 11 is 0. The fourth-order valence-electron chi connectivity index (χ4n) is 1.95. The molecule has 0 bridgehead atoms. The van der Waals surface area contributed by atoms with Gasteiger partial charge in [-0.2, -0.15) is 0 Å². The molecule has 1 aliphatic heterocycles. The molecular formula is C10H22N2. The van der Waals surface area contributed by atoms with E-state index in [1.807, 2.05) is 0 Å². The highest BCUT2D eigenvalue weighted by molar-refractivity contribution is 4.89. The average molecular weight is 170 g/mol. The van der Waals surface area contributed by atoms with E-state index >= 15 is 0 Å². The van der Waals surface area contributed by atoms with Crippen LogP contribution in [0.4, 0.5) is 0 Å². The van der Waals surface area contributed by atoms with Crippen LogP contribution < -0.4 is 5.73 Å². The summed E-state index contributed by atoms with van der Waals surface area (Å²) in [5, 5.41) is 0. The zero-order valence-corrected chi connectivity index (χ0v) is 8.75. The van der Waals surface area contributed by atoms with Gasteiger partial charge in [0.25, 0.3) is 0 Å². The summed E-state index contributed by atoms with van der Waals surface area (Å²) in [5.41, 5.74) is 5.96. The van der Waals surface area contributed by atoms with E-state index in [9.17, 15) is 0 Å². The normalized spacial score (nSPS) is 34.5. The molecule has 1 rings (SSSR count). The minimum atomic E-state index is 0.395. The predicted molar refractivity (Wildman–Crippen MR) is 53.1 cm³/mol. The van der Waals surface area contributed by atoms with Gasteiger partial charge < -0.3 is 5.73 Å². The van der Waals surface area contributed by atoms with Gasteiger partial charge in [0.15, 0.2) is 0 Å². The van der Waals surface area contributed by atoms with Crippen molar-refractivity contribution >= 4 is 0 Å². The molecule has 0 aromatic carbocycles. The minimum absolute atomic E-state index is 0.395. The number of rotatable bonds is 2. The van der Waals surface area contributed by atoms with Gasteiger partial charge in [-0.3, -0.25) is 4.90 Å². The topological polar surface area (TPSA) is 29.3 Å². The Labute approximate surface area is 76.1 Å². The van der Waals surface area contributed by atoms with Crippen LogP contribution in [0.3, 0.4) is 0 Å². The largest absolute Gasteiger partial charge is 0.326 e. The third kappa shape index (κ3) is 1.80. The summed E-state index contributed by atoms with van der Waals surface area (Å²) in [7, 11) is 0. The number of nitrogens with two attached hydrogens (primary N) is 1. The number of hydrogen-bond acceptors (Lipinski definition) is 2. The van der Waals surface area contributed by atoms with Crippen LogP contribution in [0.15, 0.2) is 0 Å². The molecule has 2 heteroatoms. The van der Waals surface area contributed by atoms with Gasteiger partial charge in [0.05, 0.1) is 0 Å². The van der Waals surface area contributed by atoms with E-state index < -0.39 is 0 Å². The fraction of sp³-hybridized carbons (Fsp3) is 1.00. The molecule has 2 N–H and O–H groups in total.